The van der Waals surface area contributed by atoms with E-state index in [9.17, 15) is 4.79 Å². The van der Waals surface area contributed by atoms with Crippen molar-refractivity contribution in [2.24, 2.45) is 0 Å². The largest absolute Gasteiger partial charge is 0.445 e. The van der Waals surface area contributed by atoms with E-state index >= 15 is 0 Å². The highest BCUT2D eigenvalue weighted by molar-refractivity contribution is 6.43. The van der Waals surface area contributed by atoms with Crippen LogP contribution in [0.5, 0.6) is 0 Å². The average molecular weight is 246 g/mol. The fourth-order valence-electron chi connectivity index (χ4n) is 0.881. The second-order valence-electron chi connectivity index (χ2n) is 2.61. The molecule has 5 heteroatoms. The summed E-state index contributed by atoms with van der Waals surface area (Å²) in [6, 6.07) is 4.94. The molecule has 0 bridgehead atoms. The van der Waals surface area contributed by atoms with Gasteiger partial charge in [0.15, 0.2) is 0 Å². The van der Waals surface area contributed by atoms with Crippen molar-refractivity contribution in [2.75, 3.05) is 11.9 Å². The Bertz CT molecular complexity index is 380. The van der Waals surface area contributed by atoms with Crippen LogP contribution in [0.3, 0.4) is 0 Å². The standard InChI is InChI=1S/C10H9Cl2NO2/c1-2-6-15-10(14)13-8-5-3-4-7(11)9(8)12/h2-5H,1,6H2,(H,13,14). The van der Waals surface area contributed by atoms with Gasteiger partial charge in [0.2, 0.25) is 0 Å². The molecule has 3 nitrogen and oxygen atoms in total. The van der Waals surface area contributed by atoms with Gasteiger partial charge in [0.05, 0.1) is 15.7 Å². The normalized spacial score (nSPS) is 9.47. The SMILES string of the molecule is C=CCOC(=O)Nc1cccc(Cl)c1Cl. The zero-order valence-corrected chi connectivity index (χ0v) is 9.31. The number of amides is 1. The highest BCUT2D eigenvalue weighted by Gasteiger charge is 2.07. The molecular formula is C10H9Cl2NO2. The molecule has 0 aliphatic heterocycles. The Hall–Kier alpha value is -1.19. The lowest BCUT2D eigenvalue weighted by molar-refractivity contribution is 0.174. The van der Waals surface area contributed by atoms with E-state index < -0.39 is 6.09 Å². The van der Waals surface area contributed by atoms with Crippen LogP contribution in [0.15, 0.2) is 30.9 Å². The first-order valence-electron chi connectivity index (χ1n) is 4.14. The minimum atomic E-state index is -0.598. The zero-order chi connectivity index (χ0) is 11.3. The van der Waals surface area contributed by atoms with Gasteiger partial charge < -0.3 is 4.74 Å². The molecule has 0 radical (unpaired) electrons. The topological polar surface area (TPSA) is 38.3 Å². The first-order valence-corrected chi connectivity index (χ1v) is 4.89. The maximum atomic E-state index is 11.2. The molecular weight excluding hydrogens is 237 g/mol. The Morgan fingerprint density at radius 1 is 1.53 bits per heavy atom. The van der Waals surface area contributed by atoms with E-state index in [0.29, 0.717) is 10.7 Å². The maximum Gasteiger partial charge on any atom is 0.411 e. The van der Waals surface area contributed by atoms with Crippen LogP contribution in [-0.2, 0) is 4.74 Å². The quantitative estimate of drug-likeness (QED) is 0.825. The second kappa shape index (κ2) is 5.63. The van der Waals surface area contributed by atoms with Gasteiger partial charge in [-0.05, 0) is 12.1 Å². The molecule has 1 aromatic rings. The van der Waals surface area contributed by atoms with Gasteiger partial charge in [0, 0.05) is 0 Å². The highest BCUT2D eigenvalue weighted by Crippen LogP contribution is 2.29. The van der Waals surface area contributed by atoms with Crippen molar-refractivity contribution in [3.63, 3.8) is 0 Å². The third-order valence-electron chi connectivity index (χ3n) is 1.52. The minimum absolute atomic E-state index is 0.143. The van der Waals surface area contributed by atoms with Crippen molar-refractivity contribution in [3.8, 4) is 0 Å². The Morgan fingerprint density at radius 3 is 2.93 bits per heavy atom. The van der Waals surface area contributed by atoms with Gasteiger partial charge in [0.25, 0.3) is 0 Å². The highest BCUT2D eigenvalue weighted by atomic mass is 35.5. The third kappa shape index (κ3) is 3.46. The summed E-state index contributed by atoms with van der Waals surface area (Å²) < 4.78 is 4.72. The van der Waals surface area contributed by atoms with Gasteiger partial charge in [0.1, 0.15) is 6.61 Å². The Kier molecular flexibility index (Phi) is 4.46. The van der Waals surface area contributed by atoms with Crippen molar-refractivity contribution >= 4 is 35.0 Å². The van der Waals surface area contributed by atoms with Crippen LogP contribution >= 0.6 is 23.2 Å². The molecule has 0 aliphatic rings. The number of benzene rings is 1. The van der Waals surface area contributed by atoms with E-state index in [1.165, 1.54) is 6.08 Å². The fraction of sp³-hybridized carbons (Fsp3) is 0.100. The molecule has 0 heterocycles. The Balaban J connectivity index is 2.68. The number of hydrogen-bond donors (Lipinski definition) is 1. The van der Waals surface area contributed by atoms with E-state index in [1.807, 2.05) is 0 Å². The molecule has 0 unspecified atom stereocenters. The van der Waals surface area contributed by atoms with Gasteiger partial charge in [-0.2, -0.15) is 0 Å². The van der Waals surface area contributed by atoms with E-state index in [2.05, 4.69) is 11.9 Å². The molecule has 15 heavy (non-hydrogen) atoms. The van der Waals surface area contributed by atoms with E-state index in [4.69, 9.17) is 27.9 Å². The molecule has 0 fully saturated rings. The van der Waals surface area contributed by atoms with Gasteiger partial charge in [-0.15, -0.1) is 0 Å². The predicted octanol–water partition coefficient (Wildman–Crippen LogP) is 3.73. The minimum Gasteiger partial charge on any atom is -0.445 e. The van der Waals surface area contributed by atoms with Gasteiger partial charge in [-0.1, -0.05) is 41.9 Å². The monoisotopic (exact) mass is 245 g/mol. The molecule has 1 N–H and O–H groups in total. The second-order valence-corrected chi connectivity index (χ2v) is 3.40. The molecule has 1 amide bonds. The number of halogens is 2. The van der Waals surface area contributed by atoms with Gasteiger partial charge >= 0.3 is 6.09 Å². The molecule has 80 valence electrons. The summed E-state index contributed by atoms with van der Waals surface area (Å²) in [4.78, 5) is 11.2. The maximum absolute atomic E-state index is 11.2. The Labute approximate surface area is 97.6 Å². The third-order valence-corrected chi connectivity index (χ3v) is 2.34. The smallest absolute Gasteiger partial charge is 0.411 e. The zero-order valence-electron chi connectivity index (χ0n) is 7.80. The number of anilines is 1. The van der Waals surface area contributed by atoms with Crippen molar-refractivity contribution in [1.29, 1.82) is 0 Å². The van der Waals surface area contributed by atoms with Crippen molar-refractivity contribution in [1.82, 2.24) is 0 Å². The molecule has 1 rings (SSSR count). The lowest BCUT2D eigenvalue weighted by Crippen LogP contribution is -2.13. The number of ether oxygens (including phenoxy) is 1. The summed E-state index contributed by atoms with van der Waals surface area (Å²) in [7, 11) is 0. The number of nitrogens with one attached hydrogen (secondary N) is 1. The fourth-order valence-corrected chi connectivity index (χ4v) is 1.23. The molecule has 0 aliphatic carbocycles. The van der Waals surface area contributed by atoms with Gasteiger partial charge in [-0.3, -0.25) is 5.32 Å². The summed E-state index contributed by atoms with van der Waals surface area (Å²) in [5.74, 6) is 0. The Morgan fingerprint density at radius 2 is 2.27 bits per heavy atom. The van der Waals surface area contributed by atoms with E-state index in [-0.39, 0.29) is 11.6 Å². The van der Waals surface area contributed by atoms with Crippen LogP contribution in [0.4, 0.5) is 10.5 Å². The summed E-state index contributed by atoms with van der Waals surface area (Å²) in [6.07, 6.45) is 0.873. The van der Waals surface area contributed by atoms with Crippen molar-refractivity contribution in [2.45, 2.75) is 0 Å². The van der Waals surface area contributed by atoms with Crippen molar-refractivity contribution in [3.05, 3.63) is 40.9 Å². The number of rotatable bonds is 3. The van der Waals surface area contributed by atoms with E-state index in [0.717, 1.165) is 0 Å². The van der Waals surface area contributed by atoms with Crippen LogP contribution in [0.1, 0.15) is 0 Å². The van der Waals surface area contributed by atoms with Crippen LogP contribution in [0.2, 0.25) is 10.0 Å². The van der Waals surface area contributed by atoms with Crippen molar-refractivity contribution < 1.29 is 9.53 Å². The molecule has 0 aromatic heterocycles. The molecule has 0 saturated heterocycles. The first-order chi connectivity index (χ1) is 7.15. The lowest BCUT2D eigenvalue weighted by atomic mass is 10.3. The first kappa shape index (κ1) is 11.9. The molecule has 0 saturated carbocycles. The summed E-state index contributed by atoms with van der Waals surface area (Å²) >= 11 is 11.6. The van der Waals surface area contributed by atoms with Gasteiger partial charge in [-0.25, -0.2) is 4.79 Å². The van der Waals surface area contributed by atoms with Crippen LogP contribution in [0.25, 0.3) is 0 Å². The molecule has 0 spiro atoms. The average Bonchev–Trinajstić information content (AvgIpc) is 2.22. The lowest BCUT2D eigenvalue weighted by Gasteiger charge is -2.07. The number of hydrogen-bond acceptors (Lipinski definition) is 2. The number of carbonyl (C=O) groups excluding carboxylic acids is 1. The summed E-state index contributed by atoms with van der Waals surface area (Å²) in [5.41, 5.74) is 0.415. The van der Waals surface area contributed by atoms with Crippen LogP contribution in [-0.4, -0.2) is 12.7 Å². The number of carbonyl (C=O) groups is 1. The van der Waals surface area contributed by atoms with Crippen LogP contribution in [0, 0.1) is 0 Å². The van der Waals surface area contributed by atoms with Crippen LogP contribution < -0.4 is 5.32 Å². The predicted molar refractivity (Wildman–Crippen MR) is 61.6 cm³/mol. The molecule has 0 atom stereocenters. The van der Waals surface area contributed by atoms with E-state index in [1.54, 1.807) is 18.2 Å². The summed E-state index contributed by atoms with van der Waals surface area (Å²) in [6.45, 7) is 3.56. The summed E-state index contributed by atoms with van der Waals surface area (Å²) in [5, 5.41) is 3.12. The molecule has 1 aromatic carbocycles.